The summed E-state index contributed by atoms with van der Waals surface area (Å²) in [5.74, 6) is 2.53. The molecule has 2 aromatic rings. The van der Waals surface area contributed by atoms with Gasteiger partial charge in [0.05, 0.1) is 7.11 Å². The number of carbonyl (C=O) groups excluding carboxylic acids is 1. The smallest absolute Gasteiger partial charge is 0.239 e. The highest BCUT2D eigenvalue weighted by molar-refractivity contribution is 5.76. The van der Waals surface area contributed by atoms with Crippen LogP contribution < -0.4 is 10.5 Å². The minimum atomic E-state index is 0.186. The molecule has 1 unspecified atom stereocenters. The molecule has 7 nitrogen and oxygen atoms in total. The number of amides is 1. The monoisotopic (exact) mass is 357 g/mol. The Kier molecular flexibility index (Phi) is 6.09. The number of ether oxygens (including phenoxy) is 1. The zero-order chi connectivity index (χ0) is 18.4. The second-order valence-electron chi connectivity index (χ2n) is 6.88. The Morgan fingerprint density at radius 1 is 1.42 bits per heavy atom. The van der Waals surface area contributed by atoms with Gasteiger partial charge in [0.2, 0.25) is 11.9 Å². The van der Waals surface area contributed by atoms with Gasteiger partial charge in [0.25, 0.3) is 0 Å². The van der Waals surface area contributed by atoms with Crippen molar-refractivity contribution in [1.29, 1.82) is 0 Å². The highest BCUT2D eigenvalue weighted by atomic mass is 16.5. The van der Waals surface area contributed by atoms with Gasteiger partial charge in [0, 0.05) is 25.9 Å². The lowest BCUT2D eigenvalue weighted by atomic mass is 9.91. The maximum absolute atomic E-state index is 12.5. The van der Waals surface area contributed by atoms with Gasteiger partial charge in [-0.3, -0.25) is 9.89 Å². The van der Waals surface area contributed by atoms with Crippen LogP contribution in [0.2, 0.25) is 0 Å². The number of nitrogens with one attached hydrogen (secondary N) is 1. The van der Waals surface area contributed by atoms with Gasteiger partial charge in [-0.1, -0.05) is 12.1 Å². The van der Waals surface area contributed by atoms with Crippen LogP contribution in [-0.4, -0.2) is 46.2 Å². The standard InChI is InChI=1S/C19H27N5O2/c1-26-16-6-2-4-14(12-16)7-8-15-5-3-11-24(13-15)18(25)10-9-17-21-19(20)23-22-17/h2,4,6,12,15H,3,5,7-11,13H2,1H3,(H3,20,21,22,23). The summed E-state index contributed by atoms with van der Waals surface area (Å²) < 4.78 is 5.29. The van der Waals surface area contributed by atoms with Gasteiger partial charge in [-0.05, 0) is 49.3 Å². The first kappa shape index (κ1) is 18.2. The van der Waals surface area contributed by atoms with E-state index in [9.17, 15) is 4.79 Å². The highest BCUT2D eigenvalue weighted by Crippen LogP contribution is 2.23. The number of aromatic nitrogens is 3. The average molecular weight is 357 g/mol. The number of benzene rings is 1. The molecule has 1 aliphatic rings. The Bertz CT molecular complexity index is 730. The minimum Gasteiger partial charge on any atom is -0.497 e. The number of nitrogens with zero attached hydrogens (tertiary/aromatic N) is 3. The Morgan fingerprint density at radius 2 is 2.31 bits per heavy atom. The van der Waals surface area contributed by atoms with Gasteiger partial charge in [0.15, 0.2) is 0 Å². The number of likely N-dealkylation sites (tertiary alicyclic amines) is 1. The van der Waals surface area contributed by atoms with Gasteiger partial charge >= 0.3 is 0 Å². The first-order chi connectivity index (χ1) is 12.6. The first-order valence-corrected chi connectivity index (χ1v) is 9.21. The molecule has 0 radical (unpaired) electrons. The summed E-state index contributed by atoms with van der Waals surface area (Å²) in [6.45, 7) is 1.70. The molecule has 3 rings (SSSR count). The predicted octanol–water partition coefficient (Wildman–Crippen LogP) is 2.20. The van der Waals surface area contributed by atoms with E-state index in [0.29, 0.717) is 24.6 Å². The number of rotatable bonds is 7. The van der Waals surface area contributed by atoms with Crippen molar-refractivity contribution in [1.82, 2.24) is 20.1 Å². The van der Waals surface area contributed by atoms with Crippen molar-refractivity contribution in [2.75, 3.05) is 25.9 Å². The van der Waals surface area contributed by atoms with Crippen molar-refractivity contribution in [3.63, 3.8) is 0 Å². The first-order valence-electron chi connectivity index (χ1n) is 9.21. The number of carbonyl (C=O) groups is 1. The summed E-state index contributed by atoms with van der Waals surface area (Å²) in [5, 5.41) is 6.55. The van der Waals surface area contributed by atoms with Gasteiger partial charge < -0.3 is 15.4 Å². The van der Waals surface area contributed by atoms with Crippen LogP contribution in [-0.2, 0) is 17.6 Å². The number of aromatic amines is 1. The van der Waals surface area contributed by atoms with Crippen LogP contribution in [0.3, 0.4) is 0 Å². The van der Waals surface area contributed by atoms with Crippen LogP contribution >= 0.6 is 0 Å². The summed E-state index contributed by atoms with van der Waals surface area (Å²) in [6.07, 6.45) is 5.36. The van der Waals surface area contributed by atoms with Crippen LogP contribution in [0.1, 0.15) is 37.1 Å². The molecule has 0 aliphatic carbocycles. The van der Waals surface area contributed by atoms with Crippen molar-refractivity contribution in [3.8, 4) is 5.75 Å². The third kappa shape index (κ3) is 4.97. The van der Waals surface area contributed by atoms with Crippen LogP contribution in [0.5, 0.6) is 5.75 Å². The molecule has 3 N–H and O–H groups in total. The molecule has 1 aromatic heterocycles. The van der Waals surface area contributed by atoms with E-state index in [1.165, 1.54) is 12.0 Å². The lowest BCUT2D eigenvalue weighted by molar-refractivity contribution is -0.133. The Hall–Kier alpha value is -2.57. The SMILES string of the molecule is COc1cccc(CCC2CCCN(C(=O)CCc3nc(N)n[nH]3)C2)c1. The Balaban J connectivity index is 1.46. The number of methoxy groups -OCH3 is 1. The van der Waals surface area contributed by atoms with Crippen molar-refractivity contribution in [2.24, 2.45) is 5.92 Å². The normalized spacial score (nSPS) is 17.3. The molecule has 0 saturated carbocycles. The van der Waals surface area contributed by atoms with Crippen molar-refractivity contribution >= 4 is 11.9 Å². The number of H-pyrrole nitrogens is 1. The molecule has 2 heterocycles. The molecule has 1 fully saturated rings. The molecule has 26 heavy (non-hydrogen) atoms. The molecular weight excluding hydrogens is 330 g/mol. The summed E-state index contributed by atoms with van der Waals surface area (Å²) in [6, 6.07) is 8.22. The van der Waals surface area contributed by atoms with E-state index in [4.69, 9.17) is 10.5 Å². The van der Waals surface area contributed by atoms with E-state index in [1.807, 2.05) is 17.0 Å². The summed E-state index contributed by atoms with van der Waals surface area (Å²) in [7, 11) is 1.69. The molecule has 7 heteroatoms. The van der Waals surface area contributed by atoms with E-state index in [0.717, 1.165) is 38.1 Å². The second kappa shape index (κ2) is 8.69. The number of hydrogen-bond acceptors (Lipinski definition) is 5. The quantitative estimate of drug-likeness (QED) is 0.792. The fourth-order valence-electron chi connectivity index (χ4n) is 3.53. The molecule has 1 aliphatic heterocycles. The molecule has 140 valence electrons. The van der Waals surface area contributed by atoms with E-state index in [2.05, 4.69) is 27.3 Å². The van der Waals surface area contributed by atoms with Gasteiger partial charge in [0.1, 0.15) is 11.6 Å². The van der Waals surface area contributed by atoms with Crippen LogP contribution in [0, 0.1) is 5.92 Å². The number of nitrogens with two attached hydrogens (primary N) is 1. The zero-order valence-corrected chi connectivity index (χ0v) is 15.3. The van der Waals surface area contributed by atoms with Gasteiger partial charge in [-0.2, -0.15) is 4.98 Å². The third-order valence-corrected chi connectivity index (χ3v) is 4.97. The number of piperidine rings is 1. The van der Waals surface area contributed by atoms with Crippen molar-refractivity contribution in [2.45, 2.75) is 38.5 Å². The summed E-state index contributed by atoms with van der Waals surface area (Å²) >= 11 is 0. The molecular formula is C19H27N5O2. The van der Waals surface area contributed by atoms with E-state index in [1.54, 1.807) is 7.11 Å². The van der Waals surface area contributed by atoms with Crippen LogP contribution in [0.25, 0.3) is 0 Å². The fourth-order valence-corrected chi connectivity index (χ4v) is 3.53. The summed E-state index contributed by atoms with van der Waals surface area (Å²) in [5.41, 5.74) is 6.78. The maximum Gasteiger partial charge on any atom is 0.239 e. The Morgan fingerprint density at radius 3 is 3.08 bits per heavy atom. The summed E-state index contributed by atoms with van der Waals surface area (Å²) in [4.78, 5) is 18.5. The Labute approximate surface area is 153 Å². The predicted molar refractivity (Wildman–Crippen MR) is 99.7 cm³/mol. The molecule has 1 atom stereocenters. The number of aryl methyl sites for hydroxylation is 2. The van der Waals surface area contributed by atoms with Gasteiger partial charge in [-0.25, -0.2) is 0 Å². The van der Waals surface area contributed by atoms with E-state index in [-0.39, 0.29) is 11.9 Å². The third-order valence-electron chi connectivity index (χ3n) is 4.97. The molecule has 1 aromatic carbocycles. The molecule has 0 spiro atoms. The largest absolute Gasteiger partial charge is 0.497 e. The minimum absolute atomic E-state index is 0.186. The topological polar surface area (TPSA) is 97.1 Å². The van der Waals surface area contributed by atoms with Crippen molar-refractivity contribution in [3.05, 3.63) is 35.7 Å². The lowest BCUT2D eigenvalue weighted by Gasteiger charge is -2.33. The average Bonchev–Trinajstić information content (AvgIpc) is 3.10. The van der Waals surface area contributed by atoms with E-state index < -0.39 is 0 Å². The molecule has 0 bridgehead atoms. The number of hydrogen-bond donors (Lipinski definition) is 2. The highest BCUT2D eigenvalue weighted by Gasteiger charge is 2.23. The molecule has 1 amide bonds. The zero-order valence-electron chi connectivity index (χ0n) is 15.3. The second-order valence-corrected chi connectivity index (χ2v) is 6.88. The molecule has 1 saturated heterocycles. The van der Waals surface area contributed by atoms with Gasteiger partial charge in [-0.15, -0.1) is 5.10 Å². The van der Waals surface area contributed by atoms with Crippen molar-refractivity contribution < 1.29 is 9.53 Å². The maximum atomic E-state index is 12.5. The number of anilines is 1. The van der Waals surface area contributed by atoms with Crippen LogP contribution in [0.4, 0.5) is 5.95 Å². The fraction of sp³-hybridized carbons (Fsp3) is 0.526. The lowest BCUT2D eigenvalue weighted by Crippen LogP contribution is -2.40. The van der Waals surface area contributed by atoms with E-state index >= 15 is 0 Å². The number of nitrogen functional groups attached to an aromatic ring is 1. The van der Waals surface area contributed by atoms with Crippen LogP contribution in [0.15, 0.2) is 24.3 Å².